The smallest absolute Gasteiger partial charge is 0.305 e. The average Bonchev–Trinajstić information content (AvgIpc) is 2.46. The van der Waals surface area contributed by atoms with Gasteiger partial charge in [-0.15, -0.1) is 0 Å². The second-order valence-corrected chi connectivity index (χ2v) is 5.33. The molecule has 0 saturated heterocycles. The molecule has 0 spiro atoms. The summed E-state index contributed by atoms with van der Waals surface area (Å²) in [6.45, 7) is 2.69. The molecule has 1 aromatic rings. The van der Waals surface area contributed by atoms with Crippen molar-refractivity contribution >= 4 is 11.9 Å². The Hall–Kier alpha value is -2.04. The number of carboxylic acid groups (broad SMARTS) is 1. The van der Waals surface area contributed by atoms with Crippen molar-refractivity contribution in [3.05, 3.63) is 29.3 Å². The zero-order chi connectivity index (χ0) is 15.2. The second-order valence-electron chi connectivity index (χ2n) is 5.33. The number of ether oxygens (including phenoxy) is 1. The maximum atomic E-state index is 12.3. The summed E-state index contributed by atoms with van der Waals surface area (Å²) in [5.41, 5.74) is 1.60. The Balaban J connectivity index is 2.06. The molecular formula is C16H21NO4. The van der Waals surface area contributed by atoms with Gasteiger partial charge in [0.05, 0.1) is 13.0 Å². The van der Waals surface area contributed by atoms with E-state index in [1.807, 2.05) is 19.1 Å². The van der Waals surface area contributed by atoms with Crippen molar-refractivity contribution in [3.8, 4) is 5.75 Å². The number of hydrogen-bond donors (Lipinski definition) is 2. The number of fused-ring (bicyclic) bond motifs is 1. The fraction of sp³-hybridized carbons (Fsp3) is 0.500. The zero-order valence-electron chi connectivity index (χ0n) is 12.2. The van der Waals surface area contributed by atoms with Gasteiger partial charge < -0.3 is 15.2 Å². The lowest BCUT2D eigenvalue weighted by molar-refractivity contribution is -0.137. The number of carboxylic acids is 1. The summed E-state index contributed by atoms with van der Waals surface area (Å²) in [6.07, 6.45) is 3.30. The van der Waals surface area contributed by atoms with Gasteiger partial charge in [-0.3, -0.25) is 9.59 Å². The topological polar surface area (TPSA) is 75.6 Å². The quantitative estimate of drug-likeness (QED) is 0.843. The lowest BCUT2D eigenvalue weighted by Gasteiger charge is -2.19. The summed E-state index contributed by atoms with van der Waals surface area (Å²) < 4.78 is 5.52. The van der Waals surface area contributed by atoms with Crippen molar-refractivity contribution in [2.75, 3.05) is 6.61 Å². The van der Waals surface area contributed by atoms with Crippen LogP contribution >= 0.6 is 0 Å². The van der Waals surface area contributed by atoms with Crippen LogP contribution in [0, 0.1) is 0 Å². The lowest BCUT2D eigenvalue weighted by Crippen LogP contribution is -2.36. The highest BCUT2D eigenvalue weighted by Gasteiger charge is 2.18. The number of aryl methyl sites for hydroxylation is 1. The third kappa shape index (κ3) is 4.21. The summed E-state index contributed by atoms with van der Waals surface area (Å²) >= 11 is 0. The first kappa shape index (κ1) is 15.4. The lowest BCUT2D eigenvalue weighted by atomic mass is 10.0. The summed E-state index contributed by atoms with van der Waals surface area (Å²) in [5.74, 6) is -0.274. The Morgan fingerprint density at radius 1 is 1.43 bits per heavy atom. The molecule has 0 aromatic heterocycles. The van der Waals surface area contributed by atoms with Gasteiger partial charge in [-0.1, -0.05) is 13.3 Å². The molecule has 1 heterocycles. The van der Waals surface area contributed by atoms with E-state index in [1.54, 1.807) is 6.07 Å². The van der Waals surface area contributed by atoms with Crippen LogP contribution in [0.2, 0.25) is 0 Å². The first-order valence-electron chi connectivity index (χ1n) is 7.38. The van der Waals surface area contributed by atoms with Crippen LogP contribution in [-0.2, 0) is 11.2 Å². The van der Waals surface area contributed by atoms with Gasteiger partial charge >= 0.3 is 5.97 Å². The first-order valence-corrected chi connectivity index (χ1v) is 7.38. The van der Waals surface area contributed by atoms with E-state index in [-0.39, 0.29) is 18.4 Å². The third-order valence-electron chi connectivity index (χ3n) is 3.56. The largest absolute Gasteiger partial charge is 0.493 e. The maximum absolute atomic E-state index is 12.3. The molecule has 1 amide bonds. The van der Waals surface area contributed by atoms with Gasteiger partial charge in [0, 0.05) is 11.6 Å². The molecule has 0 bridgehead atoms. The second kappa shape index (κ2) is 7.11. The van der Waals surface area contributed by atoms with Gasteiger partial charge in [-0.2, -0.15) is 0 Å². The van der Waals surface area contributed by atoms with Gasteiger partial charge in [0.2, 0.25) is 0 Å². The Morgan fingerprint density at radius 2 is 2.24 bits per heavy atom. The van der Waals surface area contributed by atoms with Crippen LogP contribution in [-0.4, -0.2) is 29.6 Å². The van der Waals surface area contributed by atoms with Crippen molar-refractivity contribution in [1.82, 2.24) is 5.32 Å². The molecule has 1 aliphatic rings. The maximum Gasteiger partial charge on any atom is 0.305 e. The number of hydrogen-bond acceptors (Lipinski definition) is 3. The average molecular weight is 291 g/mol. The number of aliphatic carboxylic acids is 1. The van der Waals surface area contributed by atoms with Crippen LogP contribution in [0.3, 0.4) is 0 Å². The molecule has 1 aromatic carbocycles. The fourth-order valence-electron chi connectivity index (χ4n) is 2.55. The zero-order valence-corrected chi connectivity index (χ0v) is 12.2. The van der Waals surface area contributed by atoms with Crippen molar-refractivity contribution in [2.24, 2.45) is 0 Å². The van der Waals surface area contributed by atoms with Gasteiger partial charge in [0.1, 0.15) is 5.75 Å². The van der Waals surface area contributed by atoms with Crippen LogP contribution in [0.1, 0.15) is 48.5 Å². The molecule has 0 saturated carbocycles. The number of benzene rings is 1. The first-order chi connectivity index (χ1) is 10.1. The number of carbonyl (C=O) groups excluding carboxylic acids is 1. The summed E-state index contributed by atoms with van der Waals surface area (Å²) in [5, 5.41) is 11.7. The van der Waals surface area contributed by atoms with Crippen LogP contribution in [0.4, 0.5) is 0 Å². The van der Waals surface area contributed by atoms with E-state index in [4.69, 9.17) is 9.84 Å². The van der Waals surface area contributed by atoms with Crippen molar-refractivity contribution < 1.29 is 19.4 Å². The number of carbonyl (C=O) groups is 2. The molecule has 5 heteroatoms. The van der Waals surface area contributed by atoms with Gasteiger partial charge in [-0.05, 0) is 43.0 Å². The number of amides is 1. The Morgan fingerprint density at radius 3 is 2.95 bits per heavy atom. The molecule has 1 atom stereocenters. The molecule has 0 radical (unpaired) electrons. The highest BCUT2D eigenvalue weighted by molar-refractivity contribution is 5.95. The molecule has 1 unspecified atom stereocenters. The number of nitrogens with one attached hydrogen (secondary N) is 1. The van der Waals surface area contributed by atoms with Crippen LogP contribution in [0.25, 0.3) is 0 Å². The van der Waals surface area contributed by atoms with E-state index in [1.165, 1.54) is 0 Å². The van der Waals surface area contributed by atoms with E-state index in [9.17, 15) is 9.59 Å². The van der Waals surface area contributed by atoms with E-state index >= 15 is 0 Å². The minimum Gasteiger partial charge on any atom is -0.493 e. The number of rotatable bonds is 6. The molecule has 2 rings (SSSR count). The molecule has 0 fully saturated rings. The summed E-state index contributed by atoms with van der Waals surface area (Å²) in [6, 6.07) is 5.05. The Bertz CT molecular complexity index is 527. The predicted octanol–water partition coefficient (Wildman–Crippen LogP) is 2.38. The van der Waals surface area contributed by atoms with Crippen molar-refractivity contribution in [3.63, 3.8) is 0 Å². The Kier molecular flexibility index (Phi) is 5.20. The normalized spacial score (nSPS) is 14.7. The van der Waals surface area contributed by atoms with E-state index in [2.05, 4.69) is 5.32 Å². The Labute approximate surface area is 124 Å². The highest BCUT2D eigenvalue weighted by atomic mass is 16.5. The predicted molar refractivity (Wildman–Crippen MR) is 78.7 cm³/mol. The van der Waals surface area contributed by atoms with Crippen LogP contribution < -0.4 is 10.1 Å². The van der Waals surface area contributed by atoms with Crippen LogP contribution in [0.5, 0.6) is 5.75 Å². The SMILES string of the molecule is CCCC(CC(=O)O)NC(=O)c1ccc2c(c1)CCCO2. The molecule has 21 heavy (non-hydrogen) atoms. The standard InChI is InChI=1S/C16H21NO4/c1-2-4-13(10-15(18)19)17-16(20)12-6-7-14-11(9-12)5-3-8-21-14/h6-7,9,13H,2-5,8,10H2,1H3,(H,17,20)(H,18,19). The van der Waals surface area contributed by atoms with E-state index in [0.717, 1.165) is 37.2 Å². The van der Waals surface area contributed by atoms with E-state index < -0.39 is 5.97 Å². The van der Waals surface area contributed by atoms with Gasteiger partial charge in [0.15, 0.2) is 0 Å². The molecule has 5 nitrogen and oxygen atoms in total. The summed E-state index contributed by atoms with van der Waals surface area (Å²) in [7, 11) is 0. The molecule has 1 aliphatic heterocycles. The van der Waals surface area contributed by atoms with Crippen LogP contribution in [0.15, 0.2) is 18.2 Å². The fourth-order valence-corrected chi connectivity index (χ4v) is 2.55. The molecule has 114 valence electrons. The molecule has 2 N–H and O–H groups in total. The molecule has 0 aliphatic carbocycles. The monoisotopic (exact) mass is 291 g/mol. The van der Waals surface area contributed by atoms with Crippen molar-refractivity contribution in [1.29, 1.82) is 0 Å². The van der Waals surface area contributed by atoms with Gasteiger partial charge in [-0.25, -0.2) is 0 Å². The van der Waals surface area contributed by atoms with Gasteiger partial charge in [0.25, 0.3) is 5.91 Å². The van der Waals surface area contributed by atoms with Crippen molar-refractivity contribution in [2.45, 2.75) is 45.1 Å². The minimum absolute atomic E-state index is 0.0480. The summed E-state index contributed by atoms with van der Waals surface area (Å²) in [4.78, 5) is 23.1. The third-order valence-corrected chi connectivity index (χ3v) is 3.56. The molecular weight excluding hydrogens is 270 g/mol. The minimum atomic E-state index is -0.896. The highest BCUT2D eigenvalue weighted by Crippen LogP contribution is 2.25. The van der Waals surface area contributed by atoms with E-state index in [0.29, 0.717) is 12.0 Å².